The standard InChI is InChI=1S/C39H45B2NO5/c1-11-26(12-2)42-21-22-13-14-27-30-19-24(40-44-36(3,4)37(5,6)45-40)17-23-18-25(41-46-38(7,8)39(9,10)47-41)20-31(32(23)30)28-15-16-29(35(42)43)33(22)34(27)28/h13-20,26H,11-12,21H2,1-10H3. The van der Waals surface area contributed by atoms with Gasteiger partial charge >= 0.3 is 14.2 Å². The fourth-order valence-electron chi connectivity index (χ4n) is 7.98. The molecule has 47 heavy (non-hydrogen) atoms. The maximum absolute atomic E-state index is 14.1. The van der Waals surface area contributed by atoms with E-state index in [1.165, 1.54) is 10.9 Å². The number of rotatable bonds is 5. The van der Waals surface area contributed by atoms with Crippen molar-refractivity contribution in [2.24, 2.45) is 0 Å². The lowest BCUT2D eigenvalue weighted by Gasteiger charge is -2.35. The highest BCUT2D eigenvalue weighted by Crippen LogP contribution is 2.45. The molecule has 6 nitrogen and oxygen atoms in total. The van der Waals surface area contributed by atoms with E-state index in [9.17, 15) is 4.79 Å². The number of hydrogen-bond acceptors (Lipinski definition) is 5. The molecule has 8 rings (SSSR count). The van der Waals surface area contributed by atoms with Gasteiger partial charge < -0.3 is 23.5 Å². The summed E-state index contributed by atoms with van der Waals surface area (Å²) in [5, 5.41) is 9.04. The van der Waals surface area contributed by atoms with Gasteiger partial charge in [0.15, 0.2) is 0 Å². The molecule has 0 atom stereocenters. The molecule has 0 N–H and O–H groups in total. The molecular formula is C39H45B2NO5. The Morgan fingerprint density at radius 1 is 0.638 bits per heavy atom. The number of fused-ring (bicyclic) bond motifs is 2. The summed E-state index contributed by atoms with van der Waals surface area (Å²) in [4.78, 5) is 16.2. The Labute approximate surface area is 278 Å². The first-order valence-corrected chi connectivity index (χ1v) is 17.3. The molecule has 0 radical (unpaired) electrons. The van der Waals surface area contributed by atoms with Gasteiger partial charge in [-0.05, 0) is 128 Å². The second-order valence-electron chi connectivity index (χ2n) is 16.0. The Kier molecular flexibility index (Phi) is 6.59. The normalized spacial score (nSPS) is 21.5. The first-order chi connectivity index (χ1) is 22.1. The van der Waals surface area contributed by atoms with Gasteiger partial charge in [-0.2, -0.15) is 0 Å². The summed E-state index contributed by atoms with van der Waals surface area (Å²) >= 11 is 0. The first-order valence-electron chi connectivity index (χ1n) is 17.3. The van der Waals surface area contributed by atoms with Crippen LogP contribution in [0, 0.1) is 0 Å². The Bertz CT molecular complexity index is 1990. The van der Waals surface area contributed by atoms with Crippen LogP contribution in [0.5, 0.6) is 0 Å². The minimum atomic E-state index is -0.513. The maximum atomic E-state index is 14.1. The van der Waals surface area contributed by atoms with E-state index in [0.29, 0.717) is 6.54 Å². The van der Waals surface area contributed by atoms with E-state index < -0.39 is 36.6 Å². The Morgan fingerprint density at radius 3 is 1.57 bits per heavy atom. The van der Waals surface area contributed by atoms with Crippen molar-refractivity contribution in [2.45, 2.75) is 117 Å². The third kappa shape index (κ3) is 4.30. The summed E-state index contributed by atoms with van der Waals surface area (Å²) in [7, 11) is -1.03. The molecule has 2 saturated heterocycles. The van der Waals surface area contributed by atoms with Crippen molar-refractivity contribution in [2.75, 3.05) is 0 Å². The monoisotopic (exact) mass is 629 g/mol. The molecule has 3 aliphatic rings. The van der Waals surface area contributed by atoms with Crippen molar-refractivity contribution in [3.05, 3.63) is 59.7 Å². The molecule has 0 aromatic heterocycles. The molecule has 5 aromatic rings. The fraction of sp³-hybridized carbons (Fsp3) is 0.462. The highest BCUT2D eigenvalue weighted by atomic mass is 16.7. The molecule has 8 heteroatoms. The Hall–Kier alpha value is -3.16. The van der Waals surface area contributed by atoms with E-state index in [0.717, 1.165) is 67.0 Å². The summed E-state index contributed by atoms with van der Waals surface area (Å²) < 4.78 is 26.3. The van der Waals surface area contributed by atoms with Gasteiger partial charge in [0.05, 0.1) is 22.4 Å². The van der Waals surface area contributed by atoms with Crippen LogP contribution in [0.2, 0.25) is 0 Å². The highest BCUT2D eigenvalue weighted by molar-refractivity contribution is 6.64. The number of amides is 1. The van der Waals surface area contributed by atoms with Crippen molar-refractivity contribution in [1.29, 1.82) is 0 Å². The van der Waals surface area contributed by atoms with Gasteiger partial charge in [-0.3, -0.25) is 4.79 Å². The van der Waals surface area contributed by atoms with Gasteiger partial charge in [0.1, 0.15) is 0 Å². The van der Waals surface area contributed by atoms with Crippen LogP contribution >= 0.6 is 0 Å². The van der Waals surface area contributed by atoms with Crippen molar-refractivity contribution in [3.8, 4) is 0 Å². The number of benzene rings is 5. The van der Waals surface area contributed by atoms with E-state index in [4.69, 9.17) is 18.6 Å². The van der Waals surface area contributed by atoms with Crippen LogP contribution in [0.4, 0.5) is 0 Å². The van der Waals surface area contributed by atoms with E-state index in [1.54, 1.807) is 0 Å². The quantitative estimate of drug-likeness (QED) is 0.115. The van der Waals surface area contributed by atoms with E-state index in [2.05, 4.69) is 123 Å². The van der Waals surface area contributed by atoms with Crippen LogP contribution in [0.3, 0.4) is 0 Å². The van der Waals surface area contributed by atoms with E-state index in [1.807, 2.05) is 0 Å². The second-order valence-corrected chi connectivity index (χ2v) is 16.0. The zero-order valence-electron chi connectivity index (χ0n) is 29.5. The van der Waals surface area contributed by atoms with Gasteiger partial charge in [0.25, 0.3) is 5.91 Å². The van der Waals surface area contributed by atoms with Crippen molar-refractivity contribution in [1.82, 2.24) is 4.90 Å². The minimum absolute atomic E-state index is 0.128. The van der Waals surface area contributed by atoms with E-state index >= 15 is 0 Å². The summed E-state index contributed by atoms with van der Waals surface area (Å²) in [5.41, 5.74) is 2.09. The molecule has 3 heterocycles. The van der Waals surface area contributed by atoms with Crippen LogP contribution in [0.15, 0.2) is 48.5 Å². The predicted octanol–water partition coefficient (Wildman–Crippen LogP) is 7.48. The molecule has 242 valence electrons. The van der Waals surface area contributed by atoms with Gasteiger partial charge in [-0.25, -0.2) is 0 Å². The van der Waals surface area contributed by atoms with Crippen molar-refractivity contribution in [3.63, 3.8) is 0 Å². The lowest BCUT2D eigenvalue weighted by atomic mass is 9.72. The molecule has 1 amide bonds. The fourth-order valence-corrected chi connectivity index (χ4v) is 7.98. The molecule has 0 unspecified atom stereocenters. The summed E-state index contributed by atoms with van der Waals surface area (Å²) in [6.45, 7) is 21.7. The van der Waals surface area contributed by atoms with Crippen LogP contribution in [-0.2, 0) is 25.2 Å². The molecule has 0 saturated carbocycles. The number of nitrogens with zero attached hydrogens (tertiary/aromatic N) is 1. The SMILES string of the molecule is CCC(CC)N1Cc2ccc3c4cc(B5OC(C)(C)C(C)(C)O5)cc5cc(B6OC(C)(C)C(C)(C)O6)cc(c6ccc(c2c36)C1=O)c54. The molecule has 0 spiro atoms. The van der Waals surface area contributed by atoms with Gasteiger partial charge in [-0.1, -0.05) is 56.3 Å². The lowest BCUT2D eigenvalue weighted by molar-refractivity contribution is 0.00578. The first kappa shape index (κ1) is 31.1. The number of hydrogen-bond donors (Lipinski definition) is 0. The zero-order valence-corrected chi connectivity index (χ0v) is 29.5. The van der Waals surface area contributed by atoms with Crippen LogP contribution in [0.1, 0.15) is 98.0 Å². The summed E-state index contributed by atoms with van der Waals surface area (Å²) in [5.74, 6) is 0.128. The Morgan fingerprint density at radius 2 is 1.11 bits per heavy atom. The third-order valence-electron chi connectivity index (χ3n) is 12.2. The van der Waals surface area contributed by atoms with Crippen LogP contribution in [0.25, 0.3) is 43.1 Å². The molecule has 3 aliphatic heterocycles. The lowest BCUT2D eigenvalue weighted by Crippen LogP contribution is -2.41. The third-order valence-corrected chi connectivity index (χ3v) is 12.2. The highest BCUT2D eigenvalue weighted by Gasteiger charge is 2.53. The topological polar surface area (TPSA) is 57.2 Å². The predicted molar refractivity (Wildman–Crippen MR) is 193 cm³/mol. The number of carbonyl (C=O) groups excluding carboxylic acids is 1. The van der Waals surface area contributed by atoms with Gasteiger partial charge in [0.2, 0.25) is 0 Å². The Balaban J connectivity index is 1.42. The van der Waals surface area contributed by atoms with E-state index in [-0.39, 0.29) is 11.9 Å². The van der Waals surface area contributed by atoms with Gasteiger partial charge in [0, 0.05) is 23.5 Å². The van der Waals surface area contributed by atoms with Crippen molar-refractivity contribution < 1.29 is 23.4 Å². The number of carbonyl (C=O) groups is 1. The molecule has 0 bridgehead atoms. The smallest absolute Gasteiger partial charge is 0.399 e. The van der Waals surface area contributed by atoms with Crippen molar-refractivity contribution >= 4 is 74.2 Å². The van der Waals surface area contributed by atoms with Crippen LogP contribution in [-0.4, -0.2) is 53.5 Å². The molecule has 0 aliphatic carbocycles. The van der Waals surface area contributed by atoms with Gasteiger partial charge in [-0.15, -0.1) is 0 Å². The summed E-state index contributed by atoms with van der Waals surface area (Å²) in [6.07, 6.45) is 1.88. The average Bonchev–Trinajstić information content (AvgIpc) is 3.38. The zero-order chi connectivity index (χ0) is 33.4. The maximum Gasteiger partial charge on any atom is 0.494 e. The molecule has 2 fully saturated rings. The largest absolute Gasteiger partial charge is 0.494 e. The average molecular weight is 629 g/mol. The van der Waals surface area contributed by atoms with Crippen LogP contribution < -0.4 is 10.9 Å². The molecule has 5 aromatic carbocycles. The molecular weight excluding hydrogens is 584 g/mol. The summed E-state index contributed by atoms with van der Waals surface area (Å²) in [6, 6.07) is 17.9. The second kappa shape index (κ2) is 9.94. The minimum Gasteiger partial charge on any atom is -0.399 e.